The van der Waals surface area contributed by atoms with Crippen LogP contribution in [0.4, 0.5) is 0 Å². The SMILES string of the molecule is Ic1ccccc1Oc1cnnc2ccccc12. The molecule has 0 saturated heterocycles. The van der Waals surface area contributed by atoms with E-state index in [1.807, 2.05) is 48.5 Å². The first kappa shape index (κ1) is 11.4. The molecule has 2 aromatic carbocycles. The lowest BCUT2D eigenvalue weighted by Crippen LogP contribution is -1.91. The van der Waals surface area contributed by atoms with Crippen LogP contribution in [0.1, 0.15) is 0 Å². The van der Waals surface area contributed by atoms with Crippen molar-refractivity contribution < 1.29 is 4.74 Å². The van der Waals surface area contributed by atoms with Gasteiger partial charge in [-0.25, -0.2) is 0 Å². The van der Waals surface area contributed by atoms with Gasteiger partial charge >= 0.3 is 0 Å². The van der Waals surface area contributed by atoms with E-state index in [-0.39, 0.29) is 0 Å². The zero-order chi connectivity index (χ0) is 12.4. The van der Waals surface area contributed by atoms with Crippen molar-refractivity contribution in [2.45, 2.75) is 0 Å². The van der Waals surface area contributed by atoms with Crippen molar-refractivity contribution in [1.29, 1.82) is 0 Å². The zero-order valence-electron chi connectivity index (χ0n) is 9.38. The maximum absolute atomic E-state index is 5.91. The lowest BCUT2D eigenvalue weighted by molar-refractivity contribution is 0.481. The molecule has 1 aromatic heterocycles. The number of benzene rings is 2. The van der Waals surface area contributed by atoms with E-state index in [1.54, 1.807) is 6.20 Å². The molecular formula is C14H9IN2O. The predicted octanol–water partition coefficient (Wildman–Crippen LogP) is 4.03. The van der Waals surface area contributed by atoms with E-state index < -0.39 is 0 Å². The first-order valence-corrected chi connectivity index (χ1v) is 6.55. The van der Waals surface area contributed by atoms with E-state index in [9.17, 15) is 0 Å². The molecule has 18 heavy (non-hydrogen) atoms. The van der Waals surface area contributed by atoms with Crippen molar-refractivity contribution in [1.82, 2.24) is 10.2 Å². The summed E-state index contributed by atoms with van der Waals surface area (Å²) in [5.41, 5.74) is 0.834. The molecule has 0 spiro atoms. The zero-order valence-corrected chi connectivity index (χ0v) is 11.5. The summed E-state index contributed by atoms with van der Waals surface area (Å²) in [5.74, 6) is 1.56. The Morgan fingerprint density at radius 2 is 1.67 bits per heavy atom. The van der Waals surface area contributed by atoms with Crippen LogP contribution in [0.25, 0.3) is 10.9 Å². The molecule has 3 rings (SSSR count). The van der Waals surface area contributed by atoms with Crippen molar-refractivity contribution in [3.63, 3.8) is 0 Å². The number of hydrogen-bond acceptors (Lipinski definition) is 3. The van der Waals surface area contributed by atoms with Gasteiger partial charge < -0.3 is 4.74 Å². The summed E-state index contributed by atoms with van der Waals surface area (Å²) in [6.45, 7) is 0. The van der Waals surface area contributed by atoms with Gasteiger partial charge in [-0.1, -0.05) is 24.3 Å². The van der Waals surface area contributed by atoms with Gasteiger partial charge in [0.25, 0.3) is 0 Å². The van der Waals surface area contributed by atoms with Crippen LogP contribution < -0.4 is 4.74 Å². The minimum absolute atomic E-state index is 0.727. The summed E-state index contributed by atoms with van der Waals surface area (Å²) < 4.78 is 6.98. The van der Waals surface area contributed by atoms with Gasteiger partial charge in [0.05, 0.1) is 15.3 Å². The van der Waals surface area contributed by atoms with Gasteiger partial charge in [-0.3, -0.25) is 0 Å². The Morgan fingerprint density at radius 1 is 0.889 bits per heavy atom. The average Bonchev–Trinajstić information content (AvgIpc) is 2.42. The molecule has 0 aliphatic rings. The van der Waals surface area contributed by atoms with E-state index in [0.29, 0.717) is 0 Å². The van der Waals surface area contributed by atoms with Crippen LogP contribution >= 0.6 is 22.6 Å². The minimum atomic E-state index is 0.727. The van der Waals surface area contributed by atoms with Gasteiger partial charge in [-0.2, -0.15) is 10.2 Å². The van der Waals surface area contributed by atoms with Crippen LogP contribution in [-0.4, -0.2) is 10.2 Å². The lowest BCUT2D eigenvalue weighted by atomic mass is 10.2. The lowest BCUT2D eigenvalue weighted by Gasteiger charge is -2.08. The van der Waals surface area contributed by atoms with E-state index in [2.05, 4.69) is 32.8 Å². The third kappa shape index (κ3) is 2.15. The van der Waals surface area contributed by atoms with E-state index in [4.69, 9.17) is 4.74 Å². The normalized spacial score (nSPS) is 10.5. The molecule has 0 aliphatic carbocycles. The third-order valence-corrected chi connectivity index (χ3v) is 3.46. The molecule has 0 unspecified atom stereocenters. The number of ether oxygens (including phenoxy) is 1. The number of fused-ring (bicyclic) bond motifs is 1. The first-order chi connectivity index (χ1) is 8.84. The minimum Gasteiger partial charge on any atom is -0.454 e. The van der Waals surface area contributed by atoms with E-state index in [0.717, 1.165) is 26.0 Å². The third-order valence-electron chi connectivity index (χ3n) is 2.57. The van der Waals surface area contributed by atoms with Gasteiger partial charge in [0, 0.05) is 5.39 Å². The van der Waals surface area contributed by atoms with E-state index >= 15 is 0 Å². The van der Waals surface area contributed by atoms with Crippen LogP contribution in [0.15, 0.2) is 54.7 Å². The highest BCUT2D eigenvalue weighted by atomic mass is 127. The van der Waals surface area contributed by atoms with Crippen molar-refractivity contribution in [3.8, 4) is 11.5 Å². The van der Waals surface area contributed by atoms with Crippen LogP contribution in [-0.2, 0) is 0 Å². The summed E-state index contributed by atoms with van der Waals surface area (Å²) >= 11 is 2.25. The summed E-state index contributed by atoms with van der Waals surface area (Å²) in [6, 6.07) is 15.7. The van der Waals surface area contributed by atoms with Crippen molar-refractivity contribution in [2.75, 3.05) is 0 Å². The van der Waals surface area contributed by atoms with Gasteiger partial charge in [-0.05, 0) is 46.9 Å². The van der Waals surface area contributed by atoms with Crippen LogP contribution in [0.5, 0.6) is 11.5 Å². The number of aromatic nitrogens is 2. The van der Waals surface area contributed by atoms with Crippen molar-refractivity contribution >= 4 is 33.5 Å². The number of para-hydroxylation sites is 1. The molecule has 88 valence electrons. The second-order valence-electron chi connectivity index (χ2n) is 3.76. The Kier molecular flexibility index (Phi) is 3.10. The average molecular weight is 348 g/mol. The van der Waals surface area contributed by atoms with Gasteiger partial charge in [0.2, 0.25) is 0 Å². The molecule has 0 atom stereocenters. The number of rotatable bonds is 2. The van der Waals surface area contributed by atoms with Crippen LogP contribution in [0, 0.1) is 3.57 Å². The Labute approximate surface area is 118 Å². The second-order valence-corrected chi connectivity index (χ2v) is 4.92. The van der Waals surface area contributed by atoms with Gasteiger partial charge in [0.15, 0.2) is 5.75 Å². The summed E-state index contributed by atoms with van der Waals surface area (Å²) in [5, 5.41) is 9.00. The Balaban J connectivity index is 2.08. The smallest absolute Gasteiger partial charge is 0.157 e. The highest BCUT2D eigenvalue weighted by molar-refractivity contribution is 14.1. The Bertz CT molecular complexity index is 695. The maximum Gasteiger partial charge on any atom is 0.157 e. The van der Waals surface area contributed by atoms with Crippen LogP contribution in [0.2, 0.25) is 0 Å². The Hall–Kier alpha value is -1.69. The maximum atomic E-state index is 5.91. The molecule has 0 saturated carbocycles. The monoisotopic (exact) mass is 348 g/mol. The molecule has 0 radical (unpaired) electrons. The second kappa shape index (κ2) is 4.89. The molecule has 1 heterocycles. The molecule has 3 nitrogen and oxygen atoms in total. The molecule has 0 bridgehead atoms. The molecule has 4 heteroatoms. The predicted molar refractivity (Wildman–Crippen MR) is 78.8 cm³/mol. The van der Waals surface area contributed by atoms with Crippen LogP contribution in [0.3, 0.4) is 0 Å². The molecule has 0 amide bonds. The largest absolute Gasteiger partial charge is 0.454 e. The highest BCUT2D eigenvalue weighted by Gasteiger charge is 2.06. The van der Waals surface area contributed by atoms with E-state index in [1.165, 1.54) is 0 Å². The van der Waals surface area contributed by atoms with Gasteiger partial charge in [-0.15, -0.1) is 0 Å². The number of halogens is 1. The highest BCUT2D eigenvalue weighted by Crippen LogP contribution is 2.30. The van der Waals surface area contributed by atoms with Gasteiger partial charge in [0.1, 0.15) is 5.75 Å². The fourth-order valence-electron chi connectivity index (χ4n) is 1.71. The fraction of sp³-hybridized carbons (Fsp3) is 0. The molecular weight excluding hydrogens is 339 g/mol. The standard InChI is InChI=1S/C14H9IN2O/c15-11-6-2-4-8-13(11)18-14-9-16-17-12-7-3-1-5-10(12)14/h1-9H. The molecule has 0 aliphatic heterocycles. The fourth-order valence-corrected chi connectivity index (χ4v) is 2.21. The molecule has 3 aromatic rings. The topological polar surface area (TPSA) is 35.0 Å². The molecule has 0 fully saturated rings. The van der Waals surface area contributed by atoms with Crippen molar-refractivity contribution in [3.05, 3.63) is 58.3 Å². The number of hydrogen-bond donors (Lipinski definition) is 0. The quantitative estimate of drug-likeness (QED) is 0.656. The Morgan fingerprint density at radius 3 is 2.56 bits per heavy atom. The first-order valence-electron chi connectivity index (χ1n) is 5.47. The number of nitrogens with zero attached hydrogens (tertiary/aromatic N) is 2. The van der Waals surface area contributed by atoms with Crippen molar-refractivity contribution in [2.24, 2.45) is 0 Å². The summed E-state index contributed by atoms with van der Waals surface area (Å²) in [6.07, 6.45) is 1.64. The molecule has 0 N–H and O–H groups in total. The summed E-state index contributed by atoms with van der Waals surface area (Å²) in [4.78, 5) is 0. The summed E-state index contributed by atoms with van der Waals surface area (Å²) in [7, 11) is 0.